The molecule has 0 saturated carbocycles. The second-order valence-corrected chi connectivity index (χ2v) is 5.28. The quantitative estimate of drug-likeness (QED) is 0.917. The molecule has 0 bridgehead atoms. The summed E-state index contributed by atoms with van der Waals surface area (Å²) < 4.78 is 5.69. The fraction of sp³-hybridized carbons (Fsp3) is 0.278. The van der Waals surface area contributed by atoms with Crippen molar-refractivity contribution in [3.8, 4) is 5.75 Å². The molecule has 21 heavy (non-hydrogen) atoms. The predicted octanol–water partition coefficient (Wildman–Crippen LogP) is 3.24. The van der Waals surface area contributed by atoms with Gasteiger partial charge in [0, 0.05) is 5.56 Å². The lowest BCUT2D eigenvalue weighted by molar-refractivity contribution is 0.276. The van der Waals surface area contributed by atoms with Crippen LogP contribution >= 0.6 is 0 Å². The van der Waals surface area contributed by atoms with Crippen molar-refractivity contribution in [2.75, 3.05) is 0 Å². The summed E-state index contributed by atoms with van der Waals surface area (Å²) in [4.78, 5) is 12.3. The van der Waals surface area contributed by atoms with Gasteiger partial charge in [-0.05, 0) is 23.1 Å². The molecule has 0 aliphatic heterocycles. The Morgan fingerprint density at radius 1 is 1.10 bits per heavy atom. The molecule has 0 aliphatic rings. The van der Waals surface area contributed by atoms with Crippen LogP contribution in [0.5, 0.6) is 5.75 Å². The van der Waals surface area contributed by atoms with Gasteiger partial charge < -0.3 is 9.84 Å². The van der Waals surface area contributed by atoms with Gasteiger partial charge in [0.15, 0.2) is 5.75 Å². The summed E-state index contributed by atoms with van der Waals surface area (Å²) in [5, 5.41) is 9.31. The van der Waals surface area contributed by atoms with E-state index in [9.17, 15) is 9.90 Å². The molecule has 0 amide bonds. The zero-order chi connectivity index (χ0) is 15.2. The zero-order valence-electron chi connectivity index (χ0n) is 12.4. The Hall–Kier alpha value is -2.13. The van der Waals surface area contributed by atoms with Crippen LogP contribution < -0.4 is 10.2 Å². The van der Waals surface area contributed by atoms with Gasteiger partial charge in [0.1, 0.15) is 6.61 Å². The second-order valence-electron chi connectivity index (χ2n) is 5.28. The van der Waals surface area contributed by atoms with Crippen molar-refractivity contribution < 1.29 is 9.84 Å². The molecular weight excluding hydrogens is 264 g/mol. The van der Waals surface area contributed by atoms with Crippen molar-refractivity contribution in [2.24, 2.45) is 0 Å². The van der Waals surface area contributed by atoms with Gasteiger partial charge in [0.2, 0.25) is 5.43 Å². The van der Waals surface area contributed by atoms with Crippen LogP contribution in [0.4, 0.5) is 0 Å². The van der Waals surface area contributed by atoms with Gasteiger partial charge in [-0.1, -0.05) is 56.3 Å². The largest absolute Gasteiger partial charge is 0.485 e. The molecule has 110 valence electrons. The number of hydrogen-bond donors (Lipinski definition) is 1. The summed E-state index contributed by atoms with van der Waals surface area (Å²) in [6, 6.07) is 15.0. The van der Waals surface area contributed by atoms with Crippen molar-refractivity contribution >= 4 is 0 Å². The van der Waals surface area contributed by atoms with Crippen LogP contribution in [0.1, 0.15) is 36.5 Å². The van der Waals surface area contributed by atoms with E-state index in [4.69, 9.17) is 4.74 Å². The summed E-state index contributed by atoms with van der Waals surface area (Å²) in [6.45, 7) is 4.16. The number of aliphatic hydroxyl groups excluding tert-OH is 1. The minimum absolute atomic E-state index is 0.250. The first kappa shape index (κ1) is 15.3. The Morgan fingerprint density at radius 3 is 2.43 bits per heavy atom. The van der Waals surface area contributed by atoms with E-state index in [-0.39, 0.29) is 23.7 Å². The van der Waals surface area contributed by atoms with E-state index in [0.717, 1.165) is 11.1 Å². The molecule has 0 spiro atoms. The third-order valence-corrected chi connectivity index (χ3v) is 3.36. The fourth-order valence-electron chi connectivity index (χ4n) is 2.02. The molecule has 2 rings (SSSR count). The first-order chi connectivity index (χ1) is 10.1. The summed E-state index contributed by atoms with van der Waals surface area (Å²) in [6.07, 6.45) is 0. The van der Waals surface area contributed by atoms with Gasteiger partial charge >= 0.3 is 0 Å². The lowest BCUT2D eigenvalue weighted by atomic mass is 10.1. The minimum atomic E-state index is -0.285. The van der Waals surface area contributed by atoms with Crippen molar-refractivity contribution in [1.29, 1.82) is 0 Å². The number of hydrogen-bond acceptors (Lipinski definition) is 3. The molecule has 0 fully saturated rings. The molecule has 3 heteroatoms. The van der Waals surface area contributed by atoms with Crippen LogP contribution in [0.15, 0.2) is 53.3 Å². The highest BCUT2D eigenvalue weighted by Gasteiger charge is 2.08. The monoisotopic (exact) mass is 284 g/mol. The van der Waals surface area contributed by atoms with Gasteiger partial charge in [-0.25, -0.2) is 0 Å². The zero-order valence-corrected chi connectivity index (χ0v) is 12.4. The van der Waals surface area contributed by atoms with Gasteiger partial charge in [-0.2, -0.15) is 0 Å². The highest BCUT2D eigenvalue weighted by molar-refractivity contribution is 5.33. The lowest BCUT2D eigenvalue weighted by Gasteiger charge is -2.06. The van der Waals surface area contributed by atoms with Crippen molar-refractivity contribution in [3.05, 3.63) is 75.4 Å². The number of aliphatic hydroxyl groups is 1. The third kappa shape index (κ3) is 3.92. The highest BCUT2D eigenvalue weighted by Crippen LogP contribution is 2.18. The summed E-state index contributed by atoms with van der Waals surface area (Å²) in [7, 11) is 0. The Bertz CT molecular complexity index is 648. The van der Waals surface area contributed by atoms with E-state index in [0.29, 0.717) is 12.2 Å². The molecular formula is C18H20O3. The minimum Gasteiger partial charge on any atom is -0.485 e. The Morgan fingerprint density at radius 2 is 1.81 bits per heavy atom. The fourth-order valence-corrected chi connectivity index (χ4v) is 2.02. The van der Waals surface area contributed by atoms with E-state index < -0.39 is 0 Å². The summed E-state index contributed by atoms with van der Waals surface area (Å²) in [5.74, 6) is 0.569. The molecule has 2 aromatic carbocycles. The van der Waals surface area contributed by atoms with Crippen molar-refractivity contribution in [1.82, 2.24) is 0 Å². The van der Waals surface area contributed by atoms with Gasteiger partial charge in [-0.15, -0.1) is 0 Å². The van der Waals surface area contributed by atoms with Crippen LogP contribution in [-0.2, 0) is 13.2 Å². The van der Waals surface area contributed by atoms with Crippen LogP contribution in [-0.4, -0.2) is 5.11 Å². The average Bonchev–Trinajstić information content (AvgIpc) is 2.65. The van der Waals surface area contributed by atoms with Crippen LogP contribution in [0.3, 0.4) is 0 Å². The Kier molecular flexibility index (Phi) is 5.12. The van der Waals surface area contributed by atoms with Gasteiger partial charge in [0.05, 0.1) is 6.61 Å². The highest BCUT2D eigenvalue weighted by atomic mass is 16.5. The summed E-state index contributed by atoms with van der Waals surface area (Å²) >= 11 is 0. The summed E-state index contributed by atoms with van der Waals surface area (Å²) in [5.41, 5.74) is 2.11. The number of ether oxygens (including phenoxy) is 1. The van der Waals surface area contributed by atoms with Crippen LogP contribution in [0.2, 0.25) is 0 Å². The molecule has 0 radical (unpaired) electrons. The molecule has 0 heterocycles. The molecule has 2 aromatic rings. The second kappa shape index (κ2) is 7.04. The smallest absolute Gasteiger partial charge is 0.225 e. The maximum Gasteiger partial charge on any atom is 0.225 e. The van der Waals surface area contributed by atoms with E-state index in [1.165, 1.54) is 0 Å². The Labute approximate surface area is 124 Å². The van der Waals surface area contributed by atoms with Gasteiger partial charge in [0.25, 0.3) is 0 Å². The lowest BCUT2D eigenvalue weighted by Crippen LogP contribution is -2.10. The first-order valence-corrected chi connectivity index (χ1v) is 7.06. The predicted molar refractivity (Wildman–Crippen MR) is 83.5 cm³/mol. The molecule has 0 aliphatic carbocycles. The SMILES string of the molecule is CC(C)c1ccc(CO)c(=O)c(OCc2ccccc2)c1. The third-order valence-electron chi connectivity index (χ3n) is 3.36. The van der Waals surface area contributed by atoms with E-state index in [1.54, 1.807) is 12.1 Å². The van der Waals surface area contributed by atoms with E-state index in [1.807, 2.05) is 36.4 Å². The van der Waals surface area contributed by atoms with Crippen molar-refractivity contribution in [3.63, 3.8) is 0 Å². The van der Waals surface area contributed by atoms with E-state index >= 15 is 0 Å². The number of benzene rings is 1. The van der Waals surface area contributed by atoms with E-state index in [2.05, 4.69) is 13.8 Å². The normalized spacial score (nSPS) is 10.7. The van der Waals surface area contributed by atoms with Crippen LogP contribution in [0, 0.1) is 0 Å². The standard InChI is InChI=1S/C18H20O3/c1-13(2)15-8-9-16(11-19)18(20)17(10-15)21-12-14-6-4-3-5-7-14/h3-10,13,19H,11-12H2,1-2H3. The number of rotatable bonds is 5. The first-order valence-electron chi connectivity index (χ1n) is 7.06. The maximum absolute atomic E-state index is 12.3. The topological polar surface area (TPSA) is 46.5 Å². The maximum atomic E-state index is 12.3. The average molecular weight is 284 g/mol. The molecule has 0 aromatic heterocycles. The Balaban J connectivity index is 2.35. The van der Waals surface area contributed by atoms with Crippen LogP contribution in [0.25, 0.3) is 0 Å². The molecule has 0 atom stereocenters. The molecule has 0 saturated heterocycles. The molecule has 1 N–H and O–H groups in total. The van der Waals surface area contributed by atoms with Crippen molar-refractivity contribution in [2.45, 2.75) is 33.0 Å². The van der Waals surface area contributed by atoms with Gasteiger partial charge in [-0.3, -0.25) is 4.79 Å². The molecule has 3 nitrogen and oxygen atoms in total. The molecule has 0 unspecified atom stereocenters.